The zero-order valence-electron chi connectivity index (χ0n) is 19.5. The highest BCUT2D eigenvalue weighted by Gasteiger charge is 2.33. The molecule has 5 nitrogen and oxygen atoms in total. The summed E-state index contributed by atoms with van der Waals surface area (Å²) >= 11 is 14.0. The Morgan fingerprint density at radius 3 is 2.76 bits per heavy atom. The van der Waals surface area contributed by atoms with E-state index < -0.39 is 0 Å². The van der Waals surface area contributed by atoms with Crippen LogP contribution in [0, 0.1) is 11.3 Å². The molecule has 8 heteroatoms. The molecule has 1 aromatic heterocycles. The van der Waals surface area contributed by atoms with E-state index in [4.69, 9.17) is 32.9 Å². The molecule has 1 fully saturated rings. The first-order valence-corrected chi connectivity index (χ1v) is 13.1. The molecular weight excluding hydrogens is 475 g/mol. The summed E-state index contributed by atoms with van der Waals surface area (Å²) in [7, 11) is 2.17. The van der Waals surface area contributed by atoms with Gasteiger partial charge in [0.2, 0.25) is 0 Å². The molecule has 4 rings (SSSR count). The number of aryl methyl sites for hydroxylation is 1. The Bertz CT molecular complexity index is 1070. The molecule has 1 aromatic carbocycles. The van der Waals surface area contributed by atoms with E-state index in [1.807, 2.05) is 12.1 Å². The van der Waals surface area contributed by atoms with E-state index in [0.29, 0.717) is 28.6 Å². The van der Waals surface area contributed by atoms with E-state index in [1.54, 1.807) is 17.8 Å². The fourth-order valence-electron chi connectivity index (χ4n) is 4.45. The maximum absolute atomic E-state index is 10.1. The number of hydrogen-bond donors (Lipinski definition) is 0. The normalized spacial score (nSPS) is 18.5. The summed E-state index contributed by atoms with van der Waals surface area (Å²) in [5, 5.41) is 12.2. The molecule has 0 saturated carbocycles. The number of likely N-dealkylation sites (N-methyl/N-ethyl adjacent to an activating group) is 1. The highest BCUT2D eigenvalue weighted by Crippen LogP contribution is 2.39. The number of hydrogen-bond acceptors (Lipinski definition) is 6. The number of nitriles is 1. The smallest absolute Gasteiger partial charge is 0.135 e. The monoisotopic (exact) mass is 504 g/mol. The lowest BCUT2D eigenvalue weighted by molar-refractivity contribution is -0.0402. The molecule has 1 saturated heterocycles. The topological polar surface area (TPSA) is 52.4 Å². The van der Waals surface area contributed by atoms with Gasteiger partial charge < -0.3 is 14.5 Å². The average Bonchev–Trinajstić information content (AvgIpc) is 2.98. The van der Waals surface area contributed by atoms with Crippen LogP contribution in [0.4, 0.5) is 5.82 Å². The Kier molecular flexibility index (Phi) is 7.77. The van der Waals surface area contributed by atoms with Gasteiger partial charge in [0.15, 0.2) is 0 Å². The molecule has 176 valence electrons. The second-order valence-electron chi connectivity index (χ2n) is 9.39. The first kappa shape index (κ1) is 24.6. The highest BCUT2D eigenvalue weighted by atomic mass is 35.5. The van der Waals surface area contributed by atoms with Crippen LogP contribution < -0.4 is 4.90 Å². The van der Waals surface area contributed by atoms with Gasteiger partial charge in [-0.05, 0) is 63.5 Å². The molecule has 0 radical (unpaired) electrons. The molecular formula is C25H30Cl2N4OS. The molecule has 0 N–H and O–H groups in total. The summed E-state index contributed by atoms with van der Waals surface area (Å²) in [6.45, 7) is 8.65. The Hall–Kier alpha value is -1.49. The van der Waals surface area contributed by atoms with Crippen LogP contribution in [0.25, 0.3) is 0 Å². The maximum Gasteiger partial charge on any atom is 0.135 e. The molecule has 0 bridgehead atoms. The van der Waals surface area contributed by atoms with E-state index in [0.717, 1.165) is 72.3 Å². The molecule has 2 aliphatic heterocycles. The van der Waals surface area contributed by atoms with Crippen LogP contribution in [0.5, 0.6) is 0 Å². The molecule has 0 aliphatic carbocycles. The Balaban J connectivity index is 1.66. The number of anilines is 1. The minimum atomic E-state index is -0.297. The van der Waals surface area contributed by atoms with Crippen molar-refractivity contribution in [3.05, 3.63) is 50.5 Å². The van der Waals surface area contributed by atoms with Crippen LogP contribution in [0.3, 0.4) is 0 Å². The van der Waals surface area contributed by atoms with Crippen molar-refractivity contribution in [2.45, 2.75) is 50.3 Å². The molecule has 33 heavy (non-hydrogen) atoms. The number of aromatic nitrogens is 1. The van der Waals surface area contributed by atoms with Crippen molar-refractivity contribution in [3.8, 4) is 6.07 Å². The minimum Gasteiger partial charge on any atom is -0.370 e. The number of nitrogens with zero attached hydrogens (tertiary/aromatic N) is 4. The van der Waals surface area contributed by atoms with Crippen molar-refractivity contribution in [2.75, 3.05) is 43.9 Å². The summed E-state index contributed by atoms with van der Waals surface area (Å²) in [5.74, 6) is 1.77. The van der Waals surface area contributed by atoms with Crippen molar-refractivity contribution >= 4 is 40.8 Å². The van der Waals surface area contributed by atoms with E-state index in [1.165, 1.54) is 0 Å². The van der Waals surface area contributed by atoms with Crippen molar-refractivity contribution in [3.63, 3.8) is 0 Å². The Morgan fingerprint density at radius 2 is 2.00 bits per heavy atom. The summed E-state index contributed by atoms with van der Waals surface area (Å²) in [6, 6.07) is 8.08. The van der Waals surface area contributed by atoms with E-state index >= 15 is 0 Å². The van der Waals surface area contributed by atoms with Crippen LogP contribution in [-0.2, 0) is 24.2 Å². The number of pyridine rings is 1. The second-order valence-corrected chi connectivity index (χ2v) is 11.3. The van der Waals surface area contributed by atoms with Crippen LogP contribution >= 0.6 is 35.0 Å². The maximum atomic E-state index is 10.1. The van der Waals surface area contributed by atoms with Gasteiger partial charge in [0.05, 0.1) is 17.8 Å². The van der Waals surface area contributed by atoms with E-state index in [9.17, 15) is 5.26 Å². The lowest BCUT2D eigenvalue weighted by Gasteiger charge is -2.35. The molecule has 0 unspecified atom stereocenters. The van der Waals surface area contributed by atoms with Crippen LogP contribution in [0.15, 0.2) is 23.2 Å². The lowest BCUT2D eigenvalue weighted by Crippen LogP contribution is -2.36. The number of benzene rings is 1. The molecule has 0 spiro atoms. The van der Waals surface area contributed by atoms with Gasteiger partial charge in [-0.15, -0.1) is 11.8 Å². The van der Waals surface area contributed by atoms with Gasteiger partial charge >= 0.3 is 0 Å². The SMILES string of the molecule is CN1CCCN(c2nc(SCCc3ccc(Cl)cc3Cl)c(C#N)c3c2COC(C)(C)C3)CC1. The molecule has 3 heterocycles. The van der Waals surface area contributed by atoms with Gasteiger partial charge in [-0.2, -0.15) is 5.26 Å². The van der Waals surface area contributed by atoms with Gasteiger partial charge in [0, 0.05) is 47.4 Å². The van der Waals surface area contributed by atoms with Crippen LogP contribution in [0.1, 0.15) is 42.5 Å². The first-order valence-electron chi connectivity index (χ1n) is 11.4. The molecule has 2 aliphatic rings. The van der Waals surface area contributed by atoms with Gasteiger partial charge in [0.1, 0.15) is 16.9 Å². The predicted molar refractivity (Wildman–Crippen MR) is 137 cm³/mol. The third kappa shape index (κ3) is 5.78. The van der Waals surface area contributed by atoms with Crippen LogP contribution in [0.2, 0.25) is 10.0 Å². The Labute approximate surface area is 211 Å². The molecule has 0 atom stereocenters. The highest BCUT2D eigenvalue weighted by molar-refractivity contribution is 7.99. The predicted octanol–water partition coefficient (Wildman–Crippen LogP) is 5.59. The first-order chi connectivity index (χ1) is 15.8. The fourth-order valence-corrected chi connectivity index (χ4v) is 5.93. The summed E-state index contributed by atoms with van der Waals surface area (Å²) < 4.78 is 6.16. The van der Waals surface area contributed by atoms with Crippen molar-refractivity contribution in [2.24, 2.45) is 0 Å². The number of ether oxygens (including phenoxy) is 1. The minimum absolute atomic E-state index is 0.297. The largest absolute Gasteiger partial charge is 0.370 e. The van der Waals surface area contributed by atoms with E-state index in [-0.39, 0.29) is 5.60 Å². The van der Waals surface area contributed by atoms with Gasteiger partial charge in [-0.1, -0.05) is 29.3 Å². The van der Waals surface area contributed by atoms with Gasteiger partial charge in [-0.3, -0.25) is 0 Å². The number of fused-ring (bicyclic) bond motifs is 1. The van der Waals surface area contributed by atoms with Gasteiger partial charge in [-0.25, -0.2) is 4.98 Å². The van der Waals surface area contributed by atoms with E-state index in [2.05, 4.69) is 36.8 Å². The van der Waals surface area contributed by atoms with Crippen LogP contribution in [-0.4, -0.2) is 54.5 Å². The molecule has 0 amide bonds. The van der Waals surface area contributed by atoms with Gasteiger partial charge in [0.25, 0.3) is 0 Å². The number of halogens is 2. The quantitative estimate of drug-likeness (QED) is 0.494. The Morgan fingerprint density at radius 1 is 1.18 bits per heavy atom. The third-order valence-corrected chi connectivity index (χ3v) is 7.89. The average molecular weight is 506 g/mol. The summed E-state index contributed by atoms with van der Waals surface area (Å²) in [4.78, 5) is 9.82. The third-order valence-electron chi connectivity index (χ3n) is 6.32. The number of rotatable bonds is 5. The summed E-state index contributed by atoms with van der Waals surface area (Å²) in [6.07, 6.45) is 2.59. The summed E-state index contributed by atoms with van der Waals surface area (Å²) in [5.41, 5.74) is 3.64. The fraction of sp³-hybridized carbons (Fsp3) is 0.520. The zero-order valence-corrected chi connectivity index (χ0v) is 21.8. The molecule has 2 aromatic rings. The second kappa shape index (κ2) is 10.4. The van der Waals surface area contributed by atoms with Crippen molar-refractivity contribution in [1.29, 1.82) is 5.26 Å². The number of thioether (sulfide) groups is 1. The van der Waals surface area contributed by atoms with Crippen molar-refractivity contribution in [1.82, 2.24) is 9.88 Å². The van der Waals surface area contributed by atoms with Crippen molar-refractivity contribution < 1.29 is 4.74 Å². The lowest BCUT2D eigenvalue weighted by atomic mass is 9.89. The zero-order chi connectivity index (χ0) is 23.6. The standard InChI is InChI=1S/C25H30Cl2N4OS/c1-25(2)14-19-20(15-28)24(33-12-7-17-5-6-18(26)13-22(17)27)29-23(21(19)16-32-25)31-9-4-8-30(3)10-11-31/h5-6,13H,4,7-12,14,16H2,1-3H3.